The standard InChI is InChI=1S/C15H9F5O2/c16-11-6-10(22-8-9-4-2-1-3-5-9)7-12(17)13(11)14(21)15(18,19)20/h1-7H,8H2. The van der Waals surface area contributed by atoms with Crippen molar-refractivity contribution in [3.8, 4) is 5.75 Å². The summed E-state index contributed by atoms with van der Waals surface area (Å²) in [6.07, 6.45) is -5.35. The van der Waals surface area contributed by atoms with Crippen LogP contribution in [0.2, 0.25) is 0 Å². The molecule has 2 nitrogen and oxygen atoms in total. The molecule has 0 heterocycles. The number of ether oxygens (including phenoxy) is 1. The minimum absolute atomic E-state index is 0.0215. The molecule has 0 saturated heterocycles. The molecule has 0 aromatic heterocycles. The van der Waals surface area contributed by atoms with Crippen LogP contribution in [0.25, 0.3) is 0 Å². The lowest BCUT2D eigenvalue weighted by atomic mass is 10.1. The summed E-state index contributed by atoms with van der Waals surface area (Å²) < 4.78 is 69.0. The van der Waals surface area contributed by atoms with Crippen molar-refractivity contribution in [3.05, 3.63) is 65.2 Å². The molecule has 2 aromatic carbocycles. The summed E-state index contributed by atoms with van der Waals surface area (Å²) >= 11 is 0. The van der Waals surface area contributed by atoms with Crippen LogP contribution in [0, 0.1) is 11.6 Å². The first-order valence-corrected chi connectivity index (χ1v) is 6.06. The molecule has 0 spiro atoms. The smallest absolute Gasteiger partial charge is 0.455 e. The highest BCUT2D eigenvalue weighted by Gasteiger charge is 2.42. The summed E-state index contributed by atoms with van der Waals surface area (Å²) in [5.74, 6) is -6.12. The highest BCUT2D eigenvalue weighted by Crippen LogP contribution is 2.28. The lowest BCUT2D eigenvalue weighted by Gasteiger charge is -2.10. The fourth-order valence-corrected chi connectivity index (χ4v) is 1.73. The first kappa shape index (κ1) is 15.9. The van der Waals surface area contributed by atoms with Crippen molar-refractivity contribution < 1.29 is 31.5 Å². The van der Waals surface area contributed by atoms with Crippen LogP contribution in [-0.2, 0) is 6.61 Å². The van der Waals surface area contributed by atoms with Crippen molar-refractivity contribution >= 4 is 5.78 Å². The van der Waals surface area contributed by atoms with E-state index in [2.05, 4.69) is 0 Å². The van der Waals surface area contributed by atoms with Crippen LogP contribution in [0.15, 0.2) is 42.5 Å². The van der Waals surface area contributed by atoms with Crippen LogP contribution in [-0.4, -0.2) is 12.0 Å². The van der Waals surface area contributed by atoms with E-state index in [1.807, 2.05) is 0 Å². The Labute approximate surface area is 122 Å². The summed E-state index contributed by atoms with van der Waals surface area (Å²) in [6, 6.07) is 9.72. The normalized spacial score (nSPS) is 11.3. The number of hydrogen-bond acceptors (Lipinski definition) is 2. The van der Waals surface area contributed by atoms with Gasteiger partial charge in [-0.05, 0) is 5.56 Å². The summed E-state index contributed by atoms with van der Waals surface area (Å²) in [5, 5.41) is 0. The van der Waals surface area contributed by atoms with E-state index in [0.717, 1.165) is 0 Å². The number of hydrogen-bond donors (Lipinski definition) is 0. The minimum Gasteiger partial charge on any atom is -0.489 e. The Bertz CT molecular complexity index is 657. The Morgan fingerprint density at radius 3 is 2.05 bits per heavy atom. The molecule has 0 unspecified atom stereocenters. The van der Waals surface area contributed by atoms with Crippen molar-refractivity contribution in [1.29, 1.82) is 0 Å². The van der Waals surface area contributed by atoms with Crippen molar-refractivity contribution in [1.82, 2.24) is 0 Å². The Balaban J connectivity index is 2.21. The van der Waals surface area contributed by atoms with Crippen LogP contribution < -0.4 is 4.74 Å². The van der Waals surface area contributed by atoms with Gasteiger partial charge < -0.3 is 4.74 Å². The molecule has 2 aromatic rings. The average molecular weight is 316 g/mol. The van der Waals surface area contributed by atoms with E-state index in [1.165, 1.54) is 0 Å². The van der Waals surface area contributed by atoms with E-state index in [1.54, 1.807) is 30.3 Å². The second-order valence-electron chi connectivity index (χ2n) is 4.36. The van der Waals surface area contributed by atoms with Gasteiger partial charge in [-0.15, -0.1) is 0 Å². The summed E-state index contributed by atoms with van der Waals surface area (Å²) in [4.78, 5) is 11.0. The summed E-state index contributed by atoms with van der Waals surface area (Å²) in [5.41, 5.74) is -0.932. The molecule has 0 bridgehead atoms. The quantitative estimate of drug-likeness (QED) is 0.621. The first-order chi connectivity index (χ1) is 10.3. The van der Waals surface area contributed by atoms with Crippen LogP contribution in [0.4, 0.5) is 22.0 Å². The molecule has 0 aliphatic rings. The van der Waals surface area contributed by atoms with Gasteiger partial charge in [0.1, 0.15) is 24.0 Å². The number of carbonyl (C=O) groups excluding carboxylic acids is 1. The van der Waals surface area contributed by atoms with Gasteiger partial charge in [0.05, 0.1) is 5.56 Å². The van der Waals surface area contributed by atoms with E-state index in [4.69, 9.17) is 4.74 Å². The van der Waals surface area contributed by atoms with Gasteiger partial charge >= 0.3 is 6.18 Å². The molecule has 22 heavy (non-hydrogen) atoms. The van der Waals surface area contributed by atoms with Gasteiger partial charge in [-0.2, -0.15) is 13.2 Å². The highest BCUT2D eigenvalue weighted by molar-refractivity contribution is 6.00. The zero-order valence-corrected chi connectivity index (χ0v) is 11.0. The van der Waals surface area contributed by atoms with Crippen molar-refractivity contribution in [2.45, 2.75) is 12.8 Å². The van der Waals surface area contributed by atoms with Crippen LogP contribution >= 0.6 is 0 Å². The summed E-state index contributed by atoms with van der Waals surface area (Å²) in [6.45, 7) is -0.0215. The lowest BCUT2D eigenvalue weighted by Crippen LogP contribution is -2.25. The van der Waals surface area contributed by atoms with Crippen molar-refractivity contribution in [3.63, 3.8) is 0 Å². The minimum atomic E-state index is -5.35. The highest BCUT2D eigenvalue weighted by atomic mass is 19.4. The van der Waals surface area contributed by atoms with E-state index in [0.29, 0.717) is 17.7 Å². The molecule has 0 atom stereocenters. The lowest BCUT2D eigenvalue weighted by molar-refractivity contribution is -0.0890. The third kappa shape index (κ3) is 3.60. The van der Waals surface area contributed by atoms with Crippen molar-refractivity contribution in [2.24, 2.45) is 0 Å². The van der Waals surface area contributed by atoms with Gasteiger partial charge in [0.2, 0.25) is 0 Å². The predicted octanol–water partition coefficient (Wildman–Crippen LogP) is 4.29. The summed E-state index contributed by atoms with van der Waals surface area (Å²) in [7, 11) is 0. The number of carbonyl (C=O) groups is 1. The average Bonchev–Trinajstić information content (AvgIpc) is 2.44. The number of Topliss-reactive ketones (excluding diaryl/α,β-unsaturated/α-hetero) is 1. The Kier molecular flexibility index (Phi) is 4.44. The van der Waals surface area contributed by atoms with Crippen LogP contribution in [0.5, 0.6) is 5.75 Å². The molecule has 0 fully saturated rings. The predicted molar refractivity (Wildman–Crippen MR) is 67.5 cm³/mol. The van der Waals surface area contributed by atoms with E-state index >= 15 is 0 Å². The van der Waals surface area contributed by atoms with Gasteiger partial charge in [-0.3, -0.25) is 4.79 Å². The van der Waals surface area contributed by atoms with Crippen LogP contribution in [0.3, 0.4) is 0 Å². The zero-order chi connectivity index (χ0) is 16.3. The van der Waals surface area contributed by atoms with E-state index in [9.17, 15) is 26.7 Å². The van der Waals surface area contributed by atoms with E-state index < -0.39 is 29.2 Å². The van der Waals surface area contributed by atoms with Gasteiger partial charge in [0, 0.05) is 12.1 Å². The molecular formula is C15H9F5O2. The molecule has 116 valence electrons. The molecule has 0 aliphatic carbocycles. The monoisotopic (exact) mass is 316 g/mol. The maximum absolute atomic E-state index is 13.6. The number of benzene rings is 2. The maximum Gasteiger partial charge on any atom is 0.455 e. The molecule has 0 saturated carbocycles. The SMILES string of the molecule is O=C(c1c(F)cc(OCc2ccccc2)cc1F)C(F)(F)F. The third-order valence-electron chi connectivity index (χ3n) is 2.75. The van der Waals surface area contributed by atoms with Crippen molar-refractivity contribution in [2.75, 3.05) is 0 Å². The molecule has 2 rings (SSSR count). The third-order valence-corrected chi connectivity index (χ3v) is 2.75. The first-order valence-electron chi connectivity index (χ1n) is 6.06. The molecule has 7 heteroatoms. The second kappa shape index (κ2) is 6.13. The number of halogens is 5. The second-order valence-corrected chi connectivity index (χ2v) is 4.36. The van der Waals surface area contributed by atoms with Crippen LogP contribution in [0.1, 0.15) is 15.9 Å². The van der Waals surface area contributed by atoms with Gasteiger partial charge in [-0.25, -0.2) is 8.78 Å². The molecular weight excluding hydrogens is 307 g/mol. The molecule has 0 amide bonds. The Hall–Kier alpha value is -2.44. The van der Waals surface area contributed by atoms with Gasteiger partial charge in [0.15, 0.2) is 0 Å². The molecule has 0 radical (unpaired) electrons. The molecule has 0 aliphatic heterocycles. The maximum atomic E-state index is 13.6. The largest absolute Gasteiger partial charge is 0.489 e. The van der Waals surface area contributed by atoms with Gasteiger partial charge in [0.25, 0.3) is 5.78 Å². The zero-order valence-electron chi connectivity index (χ0n) is 11.0. The number of rotatable bonds is 4. The fraction of sp³-hybridized carbons (Fsp3) is 0.133. The fourth-order valence-electron chi connectivity index (χ4n) is 1.73. The van der Waals surface area contributed by atoms with Gasteiger partial charge in [-0.1, -0.05) is 30.3 Å². The molecule has 0 N–H and O–H groups in total. The van der Waals surface area contributed by atoms with E-state index in [-0.39, 0.29) is 12.4 Å². The number of alkyl halides is 3. The number of ketones is 1. The Morgan fingerprint density at radius 2 is 1.55 bits per heavy atom. The topological polar surface area (TPSA) is 26.3 Å². The Morgan fingerprint density at radius 1 is 1.00 bits per heavy atom.